The van der Waals surface area contributed by atoms with E-state index in [1.165, 1.54) is 18.4 Å². The molecule has 1 unspecified atom stereocenters. The first-order valence-electron chi connectivity index (χ1n) is 7.05. The summed E-state index contributed by atoms with van der Waals surface area (Å²) in [6, 6.07) is 11.4. The molecule has 0 amide bonds. The molecule has 1 atom stereocenters. The molecule has 0 N–H and O–H groups in total. The van der Waals surface area contributed by atoms with Crippen molar-refractivity contribution in [1.82, 2.24) is 14.7 Å². The van der Waals surface area contributed by atoms with Gasteiger partial charge in [-0.25, -0.2) is 4.68 Å². The zero-order valence-electron chi connectivity index (χ0n) is 11.7. The summed E-state index contributed by atoms with van der Waals surface area (Å²) in [5.41, 5.74) is 1.42. The lowest BCUT2D eigenvalue weighted by Crippen LogP contribution is -2.33. The average Bonchev–Trinajstić information content (AvgIpc) is 2.99. The SMILES string of the molecule is Cc1nn(CN2CCCC2Cc2ccccc2)c(=S)s1. The summed E-state index contributed by atoms with van der Waals surface area (Å²) in [6.07, 6.45) is 3.66. The minimum atomic E-state index is 0.612. The molecule has 1 aliphatic rings. The van der Waals surface area contributed by atoms with Crippen molar-refractivity contribution in [1.29, 1.82) is 0 Å². The van der Waals surface area contributed by atoms with Crippen LogP contribution >= 0.6 is 23.6 Å². The molecular formula is C15H19N3S2. The van der Waals surface area contributed by atoms with Crippen molar-refractivity contribution < 1.29 is 0 Å². The molecule has 3 rings (SSSR count). The van der Waals surface area contributed by atoms with Crippen molar-refractivity contribution >= 4 is 23.6 Å². The Balaban J connectivity index is 1.70. The van der Waals surface area contributed by atoms with Crippen LogP contribution in [0.5, 0.6) is 0 Å². The molecule has 1 aromatic carbocycles. The van der Waals surface area contributed by atoms with Gasteiger partial charge < -0.3 is 0 Å². The summed E-state index contributed by atoms with van der Waals surface area (Å²) in [5.74, 6) is 0. The lowest BCUT2D eigenvalue weighted by atomic mass is 10.0. The normalized spacial score (nSPS) is 19.6. The third-order valence-corrected chi connectivity index (χ3v) is 5.06. The van der Waals surface area contributed by atoms with Crippen molar-refractivity contribution in [2.24, 2.45) is 0 Å². The summed E-state index contributed by atoms with van der Waals surface area (Å²) in [5, 5.41) is 5.55. The maximum Gasteiger partial charge on any atom is 0.180 e. The first-order chi connectivity index (χ1) is 9.72. The number of aromatic nitrogens is 2. The molecule has 2 heterocycles. The van der Waals surface area contributed by atoms with E-state index in [0.717, 1.165) is 28.6 Å². The Hall–Kier alpha value is -1.04. The second-order valence-electron chi connectivity index (χ2n) is 5.33. The van der Waals surface area contributed by atoms with Crippen LogP contribution in [0, 0.1) is 10.9 Å². The third-order valence-electron chi connectivity index (χ3n) is 3.84. The lowest BCUT2D eigenvalue weighted by Gasteiger charge is -2.24. The number of hydrogen-bond donors (Lipinski definition) is 0. The first-order valence-corrected chi connectivity index (χ1v) is 8.27. The topological polar surface area (TPSA) is 21.1 Å². The monoisotopic (exact) mass is 305 g/mol. The molecule has 1 saturated heterocycles. The highest BCUT2D eigenvalue weighted by Crippen LogP contribution is 2.22. The van der Waals surface area contributed by atoms with Crippen LogP contribution in [0.4, 0.5) is 0 Å². The van der Waals surface area contributed by atoms with E-state index in [1.54, 1.807) is 11.3 Å². The third kappa shape index (κ3) is 3.16. The highest BCUT2D eigenvalue weighted by molar-refractivity contribution is 7.73. The summed E-state index contributed by atoms with van der Waals surface area (Å²) in [7, 11) is 0. The number of rotatable bonds is 4. The van der Waals surface area contributed by atoms with E-state index in [0.29, 0.717) is 6.04 Å². The van der Waals surface area contributed by atoms with Crippen molar-refractivity contribution in [3.63, 3.8) is 0 Å². The van der Waals surface area contributed by atoms with Gasteiger partial charge in [0.05, 0.1) is 6.67 Å². The second kappa shape index (κ2) is 6.16. The van der Waals surface area contributed by atoms with Crippen LogP contribution in [0.25, 0.3) is 0 Å². The van der Waals surface area contributed by atoms with Gasteiger partial charge in [0, 0.05) is 12.6 Å². The Labute approximate surface area is 128 Å². The van der Waals surface area contributed by atoms with Gasteiger partial charge in [-0.3, -0.25) is 4.90 Å². The van der Waals surface area contributed by atoms with E-state index in [4.69, 9.17) is 12.2 Å². The molecule has 0 spiro atoms. The fourth-order valence-corrected chi connectivity index (χ4v) is 3.93. The molecule has 0 radical (unpaired) electrons. The molecule has 0 saturated carbocycles. The number of nitrogens with zero attached hydrogens (tertiary/aromatic N) is 3. The minimum absolute atomic E-state index is 0.612. The highest BCUT2D eigenvalue weighted by Gasteiger charge is 2.25. The summed E-state index contributed by atoms with van der Waals surface area (Å²) >= 11 is 6.97. The van der Waals surface area contributed by atoms with Crippen LogP contribution in [0.15, 0.2) is 30.3 Å². The van der Waals surface area contributed by atoms with E-state index >= 15 is 0 Å². The quantitative estimate of drug-likeness (QED) is 0.805. The van der Waals surface area contributed by atoms with Gasteiger partial charge in [-0.05, 0) is 44.0 Å². The van der Waals surface area contributed by atoms with Gasteiger partial charge in [-0.15, -0.1) is 0 Å². The van der Waals surface area contributed by atoms with Crippen LogP contribution in [0.2, 0.25) is 0 Å². The van der Waals surface area contributed by atoms with Crippen LogP contribution in [0.3, 0.4) is 0 Å². The molecule has 2 aromatic rings. The Morgan fingerprint density at radius 3 is 2.85 bits per heavy atom. The van der Waals surface area contributed by atoms with Crippen molar-refractivity contribution in [3.05, 3.63) is 44.9 Å². The minimum Gasteiger partial charge on any atom is -0.281 e. The molecule has 1 aliphatic heterocycles. The van der Waals surface area contributed by atoms with E-state index in [1.807, 2.05) is 11.6 Å². The molecule has 20 heavy (non-hydrogen) atoms. The average molecular weight is 305 g/mol. The Kier molecular flexibility index (Phi) is 4.29. The van der Waals surface area contributed by atoms with Gasteiger partial charge in [0.2, 0.25) is 0 Å². The molecule has 106 valence electrons. The first kappa shape index (κ1) is 13.9. The molecule has 0 aliphatic carbocycles. The number of aryl methyl sites for hydroxylation is 1. The molecular weight excluding hydrogens is 286 g/mol. The highest BCUT2D eigenvalue weighted by atomic mass is 32.1. The van der Waals surface area contributed by atoms with E-state index in [9.17, 15) is 0 Å². The van der Waals surface area contributed by atoms with Gasteiger partial charge in [-0.1, -0.05) is 41.7 Å². The van der Waals surface area contributed by atoms with Crippen molar-refractivity contribution in [2.75, 3.05) is 6.54 Å². The fourth-order valence-electron chi connectivity index (χ4n) is 2.87. The maximum atomic E-state index is 5.37. The van der Waals surface area contributed by atoms with Crippen molar-refractivity contribution in [2.45, 2.75) is 38.9 Å². The van der Waals surface area contributed by atoms with Crippen LogP contribution in [-0.4, -0.2) is 27.3 Å². The van der Waals surface area contributed by atoms with Crippen LogP contribution in [-0.2, 0) is 13.1 Å². The standard InChI is InChI=1S/C15H19N3S2/c1-12-16-18(15(19)20-12)11-17-9-5-8-14(17)10-13-6-3-2-4-7-13/h2-4,6-7,14H,5,8-11H2,1H3. The maximum absolute atomic E-state index is 5.37. The van der Waals surface area contributed by atoms with Crippen LogP contribution in [0.1, 0.15) is 23.4 Å². The van der Waals surface area contributed by atoms with Gasteiger partial charge in [0.15, 0.2) is 3.95 Å². The second-order valence-corrected chi connectivity index (χ2v) is 7.15. The summed E-state index contributed by atoms with van der Waals surface area (Å²) < 4.78 is 2.85. The molecule has 0 bridgehead atoms. The Bertz CT molecular complexity index is 618. The molecule has 3 nitrogen and oxygen atoms in total. The smallest absolute Gasteiger partial charge is 0.180 e. The van der Waals surface area contributed by atoms with E-state index in [-0.39, 0.29) is 0 Å². The molecule has 1 aromatic heterocycles. The Morgan fingerprint density at radius 1 is 1.35 bits per heavy atom. The fraction of sp³-hybridized carbons (Fsp3) is 0.467. The largest absolute Gasteiger partial charge is 0.281 e. The predicted molar refractivity (Wildman–Crippen MR) is 85.5 cm³/mol. The Morgan fingerprint density at radius 2 is 2.15 bits per heavy atom. The van der Waals surface area contributed by atoms with E-state index in [2.05, 4.69) is 40.3 Å². The summed E-state index contributed by atoms with van der Waals surface area (Å²) in [4.78, 5) is 2.52. The predicted octanol–water partition coefficient (Wildman–Crippen LogP) is 3.65. The lowest BCUT2D eigenvalue weighted by molar-refractivity contribution is 0.188. The van der Waals surface area contributed by atoms with Gasteiger partial charge >= 0.3 is 0 Å². The van der Waals surface area contributed by atoms with Crippen LogP contribution < -0.4 is 0 Å². The number of benzene rings is 1. The number of likely N-dealkylation sites (tertiary alicyclic amines) is 1. The van der Waals surface area contributed by atoms with E-state index < -0.39 is 0 Å². The van der Waals surface area contributed by atoms with Gasteiger partial charge in [0.25, 0.3) is 0 Å². The zero-order chi connectivity index (χ0) is 13.9. The molecule has 5 heteroatoms. The zero-order valence-corrected chi connectivity index (χ0v) is 13.3. The van der Waals surface area contributed by atoms with Gasteiger partial charge in [0.1, 0.15) is 5.01 Å². The molecule has 1 fully saturated rings. The van der Waals surface area contributed by atoms with Crippen molar-refractivity contribution in [3.8, 4) is 0 Å². The summed E-state index contributed by atoms with van der Waals surface area (Å²) in [6.45, 7) is 4.00. The number of hydrogen-bond acceptors (Lipinski definition) is 4. The van der Waals surface area contributed by atoms with Gasteiger partial charge in [-0.2, -0.15) is 5.10 Å².